The van der Waals surface area contributed by atoms with Crippen LogP contribution in [0.3, 0.4) is 0 Å². The van der Waals surface area contributed by atoms with Crippen molar-refractivity contribution in [3.8, 4) is 0 Å². The largest absolute Gasteiger partial charge is 0.496 e. The smallest absolute Gasteiger partial charge is 0.399 e. The van der Waals surface area contributed by atoms with Crippen molar-refractivity contribution in [1.29, 1.82) is 0 Å². The van der Waals surface area contributed by atoms with Gasteiger partial charge in [-0.3, -0.25) is 9.19 Å². The van der Waals surface area contributed by atoms with E-state index in [1.807, 2.05) is 27.7 Å². The Balaban J connectivity index is 2.24. The van der Waals surface area contributed by atoms with Crippen molar-refractivity contribution >= 4 is 35.0 Å². The molecule has 0 N–H and O–H groups in total. The maximum atomic E-state index is 11.2. The van der Waals surface area contributed by atoms with Gasteiger partial charge in [0.05, 0.1) is 27.7 Å². The molecule has 0 aromatic carbocycles. The summed E-state index contributed by atoms with van der Waals surface area (Å²) in [6, 6.07) is 1.78. The van der Waals surface area contributed by atoms with E-state index in [4.69, 9.17) is 20.9 Å². The molecular weight excluding hydrogens is 296 g/mol. The third-order valence-corrected chi connectivity index (χ3v) is 4.81. The van der Waals surface area contributed by atoms with E-state index in [0.717, 1.165) is 5.46 Å². The zero-order valence-corrected chi connectivity index (χ0v) is 14.0. The standard InChI is InChI=1S/C13H19BClNO3S/c1-12(2)13(3,4)19-14(18-12)9-6-10(15)11(16-7-9)8-20(5)17/h6-7H,8H2,1-5H3. The summed E-state index contributed by atoms with van der Waals surface area (Å²) in [6.07, 6.45) is 3.30. The van der Waals surface area contributed by atoms with E-state index in [9.17, 15) is 4.21 Å². The molecule has 2 rings (SSSR count). The van der Waals surface area contributed by atoms with Crippen molar-refractivity contribution in [2.45, 2.75) is 44.6 Å². The Kier molecular flexibility index (Phi) is 4.31. The molecule has 0 bridgehead atoms. The number of aromatic nitrogens is 1. The Labute approximate surface area is 127 Å². The average Bonchev–Trinajstić information content (AvgIpc) is 2.50. The molecule has 7 heteroatoms. The molecule has 1 aromatic rings. The van der Waals surface area contributed by atoms with Crippen LogP contribution in [0.5, 0.6) is 0 Å². The summed E-state index contributed by atoms with van der Waals surface area (Å²) in [5, 5.41) is 0.493. The first-order valence-electron chi connectivity index (χ1n) is 6.42. The molecule has 20 heavy (non-hydrogen) atoms. The Morgan fingerprint density at radius 2 is 1.85 bits per heavy atom. The molecule has 0 radical (unpaired) electrons. The predicted molar refractivity (Wildman–Crippen MR) is 82.7 cm³/mol. The van der Waals surface area contributed by atoms with Crippen LogP contribution in [0.15, 0.2) is 12.3 Å². The van der Waals surface area contributed by atoms with Gasteiger partial charge in [-0.05, 0) is 33.8 Å². The molecule has 0 spiro atoms. The number of hydrogen-bond donors (Lipinski definition) is 0. The molecule has 1 fully saturated rings. The lowest BCUT2D eigenvalue weighted by Crippen LogP contribution is -2.41. The van der Waals surface area contributed by atoms with E-state index in [-0.39, 0.29) is 0 Å². The van der Waals surface area contributed by atoms with Crippen LogP contribution >= 0.6 is 11.6 Å². The monoisotopic (exact) mass is 315 g/mol. The van der Waals surface area contributed by atoms with Crippen LogP contribution in [-0.4, -0.2) is 33.8 Å². The Hall–Kier alpha value is -0.425. The maximum Gasteiger partial charge on any atom is 0.496 e. The fourth-order valence-corrected chi connectivity index (χ4v) is 2.82. The normalized spacial score (nSPS) is 22.0. The first-order valence-corrected chi connectivity index (χ1v) is 8.53. The van der Waals surface area contributed by atoms with Crippen molar-refractivity contribution in [3.63, 3.8) is 0 Å². The van der Waals surface area contributed by atoms with Gasteiger partial charge in [0, 0.05) is 28.7 Å². The van der Waals surface area contributed by atoms with Gasteiger partial charge >= 0.3 is 7.12 Å². The van der Waals surface area contributed by atoms with Gasteiger partial charge in [-0.1, -0.05) is 11.6 Å². The van der Waals surface area contributed by atoms with E-state index in [1.54, 1.807) is 18.5 Å². The van der Waals surface area contributed by atoms with Gasteiger partial charge < -0.3 is 9.31 Å². The average molecular weight is 316 g/mol. The second-order valence-corrected chi connectivity index (χ2v) is 7.85. The molecule has 0 saturated carbocycles. The van der Waals surface area contributed by atoms with E-state index >= 15 is 0 Å². The van der Waals surface area contributed by atoms with Crippen molar-refractivity contribution in [1.82, 2.24) is 4.98 Å². The third kappa shape index (κ3) is 3.08. The molecule has 2 heterocycles. The summed E-state index contributed by atoms with van der Waals surface area (Å²) in [7, 11) is -1.45. The highest BCUT2D eigenvalue weighted by Gasteiger charge is 2.51. The maximum absolute atomic E-state index is 11.2. The molecule has 1 unspecified atom stereocenters. The Bertz CT molecular complexity index is 534. The van der Waals surface area contributed by atoms with E-state index in [1.165, 1.54) is 0 Å². The molecule has 1 aliphatic heterocycles. The van der Waals surface area contributed by atoms with E-state index in [0.29, 0.717) is 16.5 Å². The highest BCUT2D eigenvalue weighted by atomic mass is 35.5. The fraction of sp³-hybridized carbons (Fsp3) is 0.615. The summed E-state index contributed by atoms with van der Waals surface area (Å²) < 4.78 is 23.1. The lowest BCUT2D eigenvalue weighted by atomic mass is 9.80. The minimum absolute atomic E-state index is 0.350. The quantitative estimate of drug-likeness (QED) is 0.800. The number of nitrogens with zero attached hydrogens (tertiary/aromatic N) is 1. The van der Waals surface area contributed by atoms with Gasteiger partial charge in [-0.15, -0.1) is 0 Å². The lowest BCUT2D eigenvalue weighted by molar-refractivity contribution is 0.00578. The second kappa shape index (κ2) is 5.41. The van der Waals surface area contributed by atoms with Crippen LogP contribution in [0, 0.1) is 0 Å². The number of pyridine rings is 1. The topological polar surface area (TPSA) is 48.4 Å². The van der Waals surface area contributed by atoms with Gasteiger partial charge in [0.25, 0.3) is 0 Å². The SMILES string of the molecule is CS(=O)Cc1ncc(B2OC(C)(C)C(C)(C)O2)cc1Cl. The van der Waals surface area contributed by atoms with Crippen LogP contribution in [0.2, 0.25) is 5.02 Å². The second-order valence-electron chi connectivity index (χ2n) is 6.00. The van der Waals surface area contributed by atoms with Crippen LogP contribution in [0.4, 0.5) is 0 Å². The third-order valence-electron chi connectivity index (χ3n) is 3.80. The van der Waals surface area contributed by atoms with Crippen molar-refractivity contribution in [3.05, 3.63) is 23.0 Å². The predicted octanol–water partition coefficient (Wildman–Crippen LogP) is 1.91. The summed E-state index contributed by atoms with van der Waals surface area (Å²) >= 11 is 6.19. The molecule has 1 aromatic heterocycles. The van der Waals surface area contributed by atoms with Gasteiger partial charge in [0.1, 0.15) is 0 Å². The summed E-state index contributed by atoms with van der Waals surface area (Å²) in [4.78, 5) is 4.27. The Morgan fingerprint density at radius 1 is 1.30 bits per heavy atom. The minimum atomic E-state index is -0.970. The minimum Gasteiger partial charge on any atom is -0.399 e. The summed E-state index contributed by atoms with van der Waals surface area (Å²) in [6.45, 7) is 7.99. The van der Waals surface area contributed by atoms with Crippen LogP contribution < -0.4 is 5.46 Å². The molecule has 1 saturated heterocycles. The zero-order valence-electron chi connectivity index (χ0n) is 12.4. The van der Waals surface area contributed by atoms with Gasteiger partial charge in [-0.2, -0.15) is 0 Å². The summed E-state index contributed by atoms with van der Waals surface area (Å²) in [5.41, 5.74) is 0.619. The molecule has 0 aliphatic carbocycles. The number of hydrogen-bond acceptors (Lipinski definition) is 4. The van der Waals surface area contributed by atoms with Crippen molar-refractivity contribution < 1.29 is 13.5 Å². The zero-order chi connectivity index (χ0) is 15.1. The van der Waals surface area contributed by atoms with Crippen LogP contribution in [0.1, 0.15) is 33.4 Å². The molecule has 1 aliphatic rings. The molecular formula is C13H19BClNO3S. The summed E-state index contributed by atoms with van der Waals surface area (Å²) in [5.74, 6) is 0.350. The first-order chi connectivity index (χ1) is 9.12. The van der Waals surface area contributed by atoms with E-state index in [2.05, 4.69) is 4.98 Å². The first kappa shape index (κ1) is 16.0. The molecule has 1 atom stereocenters. The van der Waals surface area contributed by atoms with Crippen molar-refractivity contribution in [2.24, 2.45) is 0 Å². The number of halogens is 1. The highest BCUT2D eigenvalue weighted by Crippen LogP contribution is 2.36. The Morgan fingerprint density at radius 3 is 2.30 bits per heavy atom. The van der Waals surface area contributed by atoms with Crippen LogP contribution in [0.25, 0.3) is 0 Å². The molecule has 110 valence electrons. The number of rotatable bonds is 3. The van der Waals surface area contributed by atoms with Gasteiger partial charge in [0.2, 0.25) is 0 Å². The molecule has 0 amide bonds. The lowest BCUT2D eigenvalue weighted by Gasteiger charge is -2.32. The highest BCUT2D eigenvalue weighted by molar-refractivity contribution is 7.83. The van der Waals surface area contributed by atoms with Crippen LogP contribution in [-0.2, 0) is 25.9 Å². The van der Waals surface area contributed by atoms with E-state index < -0.39 is 29.1 Å². The molecule has 4 nitrogen and oxygen atoms in total. The van der Waals surface area contributed by atoms with Gasteiger partial charge in [-0.25, -0.2) is 0 Å². The fourth-order valence-electron chi connectivity index (χ4n) is 1.89. The van der Waals surface area contributed by atoms with Gasteiger partial charge in [0.15, 0.2) is 0 Å². The van der Waals surface area contributed by atoms with Crippen molar-refractivity contribution in [2.75, 3.05) is 6.26 Å².